The molecule has 2 aliphatic heterocycles. The Bertz CT molecular complexity index is 329. The van der Waals surface area contributed by atoms with Gasteiger partial charge in [-0.1, -0.05) is 13.0 Å². The first-order valence-electron chi connectivity index (χ1n) is 6.27. The van der Waals surface area contributed by atoms with Crippen LogP contribution in [0.2, 0.25) is 0 Å². The number of fused-ring (bicyclic) bond motifs is 1. The average Bonchev–Trinajstić information content (AvgIpc) is 2.76. The maximum absolute atomic E-state index is 10.2. The molecule has 0 unspecified atom stereocenters. The fraction of sp³-hybridized carbons (Fsp3) is 0.846. The SMILES string of the molecule is C=C[C@H](O)[C@@]1(CC)O[C@@H]2OC(C)(C)O[C@@H]2[C@@H]1OC. The van der Waals surface area contributed by atoms with Gasteiger partial charge >= 0.3 is 0 Å². The number of hydrogen-bond donors (Lipinski definition) is 1. The summed E-state index contributed by atoms with van der Waals surface area (Å²) in [5, 5.41) is 10.2. The molecule has 5 atom stereocenters. The fourth-order valence-corrected chi connectivity index (χ4v) is 2.88. The summed E-state index contributed by atoms with van der Waals surface area (Å²) >= 11 is 0. The van der Waals surface area contributed by atoms with Gasteiger partial charge in [-0.15, -0.1) is 6.58 Å². The molecule has 0 radical (unpaired) electrons. The molecule has 2 fully saturated rings. The predicted octanol–water partition coefficient (Wildman–Crippen LogP) is 1.20. The van der Waals surface area contributed by atoms with Gasteiger partial charge in [0.25, 0.3) is 0 Å². The van der Waals surface area contributed by atoms with Gasteiger partial charge < -0.3 is 24.1 Å². The summed E-state index contributed by atoms with van der Waals surface area (Å²) in [5.41, 5.74) is -0.859. The van der Waals surface area contributed by atoms with Crippen LogP contribution in [-0.2, 0) is 18.9 Å². The summed E-state index contributed by atoms with van der Waals surface area (Å²) in [4.78, 5) is 0. The number of aliphatic hydroxyl groups excluding tert-OH is 1. The molecular weight excluding hydrogens is 236 g/mol. The topological polar surface area (TPSA) is 57.2 Å². The quantitative estimate of drug-likeness (QED) is 0.768. The zero-order valence-corrected chi connectivity index (χ0v) is 11.4. The molecule has 0 aromatic carbocycles. The van der Waals surface area contributed by atoms with E-state index in [-0.39, 0.29) is 12.2 Å². The van der Waals surface area contributed by atoms with E-state index in [1.165, 1.54) is 6.08 Å². The van der Waals surface area contributed by atoms with E-state index in [9.17, 15) is 5.11 Å². The molecule has 2 rings (SSSR count). The van der Waals surface area contributed by atoms with Gasteiger partial charge in [0, 0.05) is 7.11 Å². The monoisotopic (exact) mass is 258 g/mol. The molecule has 0 amide bonds. The molecule has 0 aromatic heterocycles. The number of aliphatic hydroxyl groups is 1. The van der Waals surface area contributed by atoms with Crippen molar-refractivity contribution < 1.29 is 24.1 Å². The largest absolute Gasteiger partial charge is 0.386 e. The van der Waals surface area contributed by atoms with Crippen molar-refractivity contribution in [2.45, 2.75) is 63.2 Å². The molecule has 5 nitrogen and oxygen atoms in total. The third-order valence-corrected chi connectivity index (χ3v) is 3.73. The van der Waals surface area contributed by atoms with Gasteiger partial charge in [0.05, 0.1) is 0 Å². The fourth-order valence-electron chi connectivity index (χ4n) is 2.88. The molecule has 0 bridgehead atoms. The molecular formula is C13H22O5. The van der Waals surface area contributed by atoms with E-state index >= 15 is 0 Å². The van der Waals surface area contributed by atoms with Crippen LogP contribution in [0.4, 0.5) is 0 Å². The Hall–Kier alpha value is -0.460. The van der Waals surface area contributed by atoms with Crippen molar-refractivity contribution in [2.75, 3.05) is 7.11 Å². The second-order valence-corrected chi connectivity index (χ2v) is 5.23. The molecule has 2 aliphatic rings. The molecule has 0 aromatic rings. The zero-order chi connectivity index (χ0) is 13.6. The summed E-state index contributed by atoms with van der Waals surface area (Å²) < 4.78 is 22.9. The maximum Gasteiger partial charge on any atom is 0.190 e. The summed E-state index contributed by atoms with van der Waals surface area (Å²) in [6.07, 6.45) is -0.0183. The van der Waals surface area contributed by atoms with Gasteiger partial charge in [0.1, 0.15) is 23.9 Å². The Balaban J connectivity index is 2.29. The minimum absolute atomic E-state index is 0.334. The first-order valence-corrected chi connectivity index (χ1v) is 6.27. The predicted molar refractivity (Wildman–Crippen MR) is 64.9 cm³/mol. The summed E-state index contributed by atoms with van der Waals surface area (Å²) in [5.74, 6) is -0.689. The van der Waals surface area contributed by atoms with Gasteiger partial charge in [-0.2, -0.15) is 0 Å². The van der Waals surface area contributed by atoms with Gasteiger partial charge in [-0.05, 0) is 20.3 Å². The van der Waals surface area contributed by atoms with Crippen molar-refractivity contribution in [3.05, 3.63) is 12.7 Å². The standard InChI is InChI=1S/C13H22O5/c1-6-8(14)13(7-2)10(15-5)9-11(18-13)17-12(3,4)16-9/h6,8-11,14H,1,7H2,2-5H3/t8-,9+,10-,11-,13+/m0/s1. The van der Waals surface area contributed by atoms with Crippen LogP contribution in [0.3, 0.4) is 0 Å². The van der Waals surface area contributed by atoms with Crippen molar-refractivity contribution in [1.29, 1.82) is 0 Å². The lowest BCUT2D eigenvalue weighted by atomic mass is 9.86. The van der Waals surface area contributed by atoms with Crippen LogP contribution >= 0.6 is 0 Å². The minimum Gasteiger partial charge on any atom is -0.386 e. The van der Waals surface area contributed by atoms with Gasteiger partial charge in [0.2, 0.25) is 0 Å². The Morgan fingerprint density at radius 2 is 2.06 bits per heavy atom. The summed E-state index contributed by atoms with van der Waals surface area (Å²) in [6, 6.07) is 0. The van der Waals surface area contributed by atoms with E-state index in [0.29, 0.717) is 6.42 Å². The molecule has 18 heavy (non-hydrogen) atoms. The molecule has 104 valence electrons. The molecule has 0 aliphatic carbocycles. The van der Waals surface area contributed by atoms with Crippen LogP contribution in [0.1, 0.15) is 27.2 Å². The molecule has 2 heterocycles. The van der Waals surface area contributed by atoms with Crippen molar-refractivity contribution in [2.24, 2.45) is 0 Å². The molecule has 0 spiro atoms. The van der Waals surface area contributed by atoms with E-state index in [1.807, 2.05) is 20.8 Å². The summed E-state index contributed by atoms with van der Waals surface area (Å²) in [7, 11) is 1.59. The third kappa shape index (κ3) is 1.90. The minimum atomic E-state index is -0.859. The highest BCUT2D eigenvalue weighted by Crippen LogP contribution is 2.46. The van der Waals surface area contributed by atoms with Crippen molar-refractivity contribution >= 4 is 0 Å². The lowest BCUT2D eigenvalue weighted by Gasteiger charge is -2.37. The van der Waals surface area contributed by atoms with E-state index in [0.717, 1.165) is 0 Å². The highest BCUT2D eigenvalue weighted by atomic mass is 16.8. The Labute approximate surface area is 108 Å². The molecule has 5 heteroatoms. The van der Waals surface area contributed by atoms with Crippen LogP contribution in [0.25, 0.3) is 0 Å². The van der Waals surface area contributed by atoms with Gasteiger partial charge in [-0.25, -0.2) is 0 Å². The molecule has 0 saturated carbocycles. The first-order chi connectivity index (χ1) is 8.40. The number of ether oxygens (including phenoxy) is 4. The average molecular weight is 258 g/mol. The van der Waals surface area contributed by atoms with Crippen molar-refractivity contribution in [3.8, 4) is 0 Å². The molecule has 2 saturated heterocycles. The van der Waals surface area contributed by atoms with E-state index < -0.39 is 23.8 Å². The highest BCUT2D eigenvalue weighted by Gasteiger charge is 2.63. The van der Waals surface area contributed by atoms with Crippen LogP contribution in [0.5, 0.6) is 0 Å². The lowest BCUT2D eigenvalue weighted by molar-refractivity contribution is -0.256. The highest BCUT2D eigenvalue weighted by molar-refractivity contribution is 5.11. The van der Waals surface area contributed by atoms with Gasteiger partial charge in [0.15, 0.2) is 12.1 Å². The Morgan fingerprint density at radius 3 is 2.56 bits per heavy atom. The van der Waals surface area contributed by atoms with Crippen LogP contribution in [-0.4, -0.2) is 48.2 Å². The normalized spacial score (nSPS) is 43.7. The maximum atomic E-state index is 10.2. The van der Waals surface area contributed by atoms with Crippen molar-refractivity contribution in [3.63, 3.8) is 0 Å². The third-order valence-electron chi connectivity index (χ3n) is 3.73. The lowest BCUT2D eigenvalue weighted by Crippen LogP contribution is -2.53. The number of rotatable bonds is 4. The first kappa shape index (κ1) is 14.0. The second kappa shape index (κ2) is 4.58. The van der Waals surface area contributed by atoms with Crippen LogP contribution < -0.4 is 0 Å². The number of methoxy groups -OCH3 is 1. The van der Waals surface area contributed by atoms with E-state index in [4.69, 9.17) is 18.9 Å². The summed E-state index contributed by atoms with van der Waals surface area (Å²) in [6.45, 7) is 9.22. The number of hydrogen-bond acceptors (Lipinski definition) is 5. The smallest absolute Gasteiger partial charge is 0.190 e. The zero-order valence-electron chi connectivity index (χ0n) is 11.4. The Morgan fingerprint density at radius 1 is 1.39 bits per heavy atom. The van der Waals surface area contributed by atoms with E-state index in [2.05, 4.69) is 6.58 Å². The van der Waals surface area contributed by atoms with Gasteiger partial charge in [-0.3, -0.25) is 0 Å². The Kier molecular flexibility index (Phi) is 3.55. The van der Waals surface area contributed by atoms with E-state index in [1.54, 1.807) is 7.11 Å². The molecule has 1 N–H and O–H groups in total. The van der Waals surface area contributed by atoms with Crippen LogP contribution in [0.15, 0.2) is 12.7 Å². The second-order valence-electron chi connectivity index (χ2n) is 5.23. The van der Waals surface area contributed by atoms with Crippen molar-refractivity contribution in [1.82, 2.24) is 0 Å². The van der Waals surface area contributed by atoms with Crippen LogP contribution in [0, 0.1) is 0 Å².